The van der Waals surface area contributed by atoms with Crippen molar-refractivity contribution >= 4 is 15.9 Å². The van der Waals surface area contributed by atoms with Gasteiger partial charge >= 0.3 is 0 Å². The maximum absolute atomic E-state index is 6.10. The van der Waals surface area contributed by atoms with Gasteiger partial charge in [-0.3, -0.25) is 4.98 Å². The first-order valence-electron chi connectivity index (χ1n) is 4.40. The van der Waals surface area contributed by atoms with Crippen molar-refractivity contribution in [3.63, 3.8) is 0 Å². The van der Waals surface area contributed by atoms with E-state index in [0.29, 0.717) is 4.60 Å². The fourth-order valence-electron chi connectivity index (χ4n) is 1.40. The van der Waals surface area contributed by atoms with Gasteiger partial charge in [0.15, 0.2) is 4.60 Å². The number of nitrogens with zero attached hydrogens (tertiary/aromatic N) is 4. The van der Waals surface area contributed by atoms with Gasteiger partial charge in [-0.15, -0.1) is 5.10 Å². The maximum Gasteiger partial charge on any atom is 0.153 e. The van der Waals surface area contributed by atoms with Crippen LogP contribution in [0, 0.1) is 0 Å². The predicted molar refractivity (Wildman–Crippen MR) is 59.0 cm³/mol. The number of nitrogens with two attached hydrogens (primary N) is 1. The number of pyridine rings is 1. The van der Waals surface area contributed by atoms with Crippen LogP contribution >= 0.6 is 15.9 Å². The summed E-state index contributed by atoms with van der Waals surface area (Å²) < 4.78 is 2.34. The summed E-state index contributed by atoms with van der Waals surface area (Å²) in [7, 11) is 1.81. The number of hydrogen-bond acceptors (Lipinski definition) is 4. The Morgan fingerprint density at radius 1 is 1.40 bits per heavy atom. The third-order valence-electron chi connectivity index (χ3n) is 2.19. The fraction of sp³-hybridized carbons (Fsp3) is 0.222. The number of aryl methyl sites for hydroxylation is 1. The van der Waals surface area contributed by atoms with Gasteiger partial charge in [-0.05, 0) is 33.6 Å². The highest BCUT2D eigenvalue weighted by atomic mass is 79.9. The molecule has 0 aliphatic rings. The second-order valence-electron chi connectivity index (χ2n) is 3.15. The zero-order valence-electron chi connectivity index (χ0n) is 8.13. The van der Waals surface area contributed by atoms with Crippen molar-refractivity contribution < 1.29 is 0 Å². The number of halogens is 1. The topological polar surface area (TPSA) is 69.6 Å². The van der Waals surface area contributed by atoms with Gasteiger partial charge in [0.2, 0.25) is 0 Å². The quantitative estimate of drug-likeness (QED) is 0.882. The van der Waals surface area contributed by atoms with Crippen LogP contribution in [0.2, 0.25) is 0 Å². The molecule has 0 radical (unpaired) electrons. The maximum atomic E-state index is 6.10. The lowest BCUT2D eigenvalue weighted by molar-refractivity contribution is 0.650. The van der Waals surface area contributed by atoms with Gasteiger partial charge in [0.25, 0.3) is 0 Å². The summed E-state index contributed by atoms with van der Waals surface area (Å²) in [6, 6.07) is 3.51. The predicted octanol–water partition coefficient (Wildman–Crippen LogP) is 1.02. The molecule has 0 bridgehead atoms. The normalized spacial score (nSPS) is 12.7. The summed E-state index contributed by atoms with van der Waals surface area (Å²) in [6.07, 6.45) is 3.43. The Morgan fingerprint density at radius 3 is 2.60 bits per heavy atom. The van der Waals surface area contributed by atoms with Crippen LogP contribution in [0.1, 0.15) is 17.3 Å². The number of rotatable bonds is 2. The van der Waals surface area contributed by atoms with Crippen LogP contribution in [0.15, 0.2) is 29.1 Å². The molecule has 0 spiro atoms. The van der Waals surface area contributed by atoms with E-state index in [4.69, 9.17) is 5.73 Å². The first-order valence-corrected chi connectivity index (χ1v) is 5.20. The lowest BCUT2D eigenvalue weighted by Gasteiger charge is -2.11. The summed E-state index contributed by atoms with van der Waals surface area (Å²) in [5.74, 6) is 0. The summed E-state index contributed by atoms with van der Waals surface area (Å²) in [5.41, 5.74) is 7.93. The lowest BCUT2D eigenvalue weighted by atomic mass is 10.1. The van der Waals surface area contributed by atoms with E-state index in [9.17, 15) is 0 Å². The zero-order chi connectivity index (χ0) is 10.8. The third-order valence-corrected chi connectivity index (χ3v) is 2.75. The van der Waals surface area contributed by atoms with E-state index in [1.165, 1.54) is 0 Å². The molecule has 0 aliphatic carbocycles. The van der Waals surface area contributed by atoms with Crippen LogP contribution in [-0.2, 0) is 7.05 Å². The van der Waals surface area contributed by atoms with Crippen molar-refractivity contribution in [2.24, 2.45) is 12.8 Å². The van der Waals surface area contributed by atoms with Gasteiger partial charge in [0.1, 0.15) is 0 Å². The van der Waals surface area contributed by atoms with E-state index in [2.05, 4.69) is 31.2 Å². The molecule has 2 N–H and O–H groups in total. The zero-order valence-corrected chi connectivity index (χ0v) is 9.72. The molecule has 15 heavy (non-hydrogen) atoms. The Hall–Kier alpha value is -1.27. The van der Waals surface area contributed by atoms with E-state index in [-0.39, 0.29) is 6.04 Å². The van der Waals surface area contributed by atoms with Crippen LogP contribution in [0.5, 0.6) is 0 Å². The second-order valence-corrected chi connectivity index (χ2v) is 3.90. The third kappa shape index (κ3) is 1.91. The molecule has 2 heterocycles. The van der Waals surface area contributed by atoms with Gasteiger partial charge < -0.3 is 5.73 Å². The molecule has 0 saturated carbocycles. The minimum atomic E-state index is -0.248. The molecular weight excluding hydrogens is 258 g/mol. The van der Waals surface area contributed by atoms with E-state index in [1.54, 1.807) is 17.1 Å². The molecular formula is C9H10BrN5. The molecule has 5 nitrogen and oxygen atoms in total. The van der Waals surface area contributed by atoms with Gasteiger partial charge in [0.05, 0.1) is 11.7 Å². The molecule has 78 valence electrons. The molecule has 0 aromatic carbocycles. The first-order chi connectivity index (χ1) is 7.20. The molecule has 1 unspecified atom stereocenters. The van der Waals surface area contributed by atoms with Crippen LogP contribution in [0.4, 0.5) is 0 Å². The monoisotopic (exact) mass is 267 g/mol. The van der Waals surface area contributed by atoms with Crippen LogP contribution in [0.25, 0.3) is 0 Å². The Kier molecular flexibility index (Phi) is 2.79. The van der Waals surface area contributed by atoms with Gasteiger partial charge in [-0.25, -0.2) is 4.68 Å². The highest BCUT2D eigenvalue weighted by molar-refractivity contribution is 9.10. The first kappa shape index (κ1) is 10.3. The molecule has 2 aromatic heterocycles. The lowest BCUT2D eigenvalue weighted by Crippen LogP contribution is -2.16. The standard InChI is InChI=1S/C9H10BrN5/c1-15-8(9(10)13-14-15)7(11)6-2-4-12-5-3-6/h2-5,7H,11H2,1H3. The summed E-state index contributed by atoms with van der Waals surface area (Å²) in [5, 5.41) is 7.78. The van der Waals surface area contributed by atoms with Gasteiger partial charge in [-0.1, -0.05) is 5.21 Å². The molecule has 0 saturated heterocycles. The Balaban J connectivity index is 2.41. The summed E-state index contributed by atoms with van der Waals surface area (Å²) in [4.78, 5) is 3.95. The minimum absolute atomic E-state index is 0.248. The van der Waals surface area contributed by atoms with E-state index >= 15 is 0 Å². The summed E-state index contributed by atoms with van der Waals surface area (Å²) >= 11 is 3.32. The smallest absolute Gasteiger partial charge is 0.153 e. The molecule has 2 rings (SSSR count). The Labute approximate surface area is 95.4 Å². The molecule has 1 atom stereocenters. The Bertz CT molecular complexity index is 433. The summed E-state index contributed by atoms with van der Waals surface area (Å²) in [6.45, 7) is 0. The van der Waals surface area contributed by atoms with Crippen molar-refractivity contribution in [3.8, 4) is 0 Å². The van der Waals surface area contributed by atoms with Crippen molar-refractivity contribution in [2.75, 3.05) is 0 Å². The average molecular weight is 268 g/mol. The van der Waals surface area contributed by atoms with Gasteiger partial charge in [-0.2, -0.15) is 0 Å². The van der Waals surface area contributed by atoms with Crippen molar-refractivity contribution in [1.82, 2.24) is 20.0 Å². The van der Waals surface area contributed by atoms with E-state index in [1.807, 2.05) is 19.2 Å². The minimum Gasteiger partial charge on any atom is -0.319 e. The van der Waals surface area contributed by atoms with Crippen molar-refractivity contribution in [2.45, 2.75) is 6.04 Å². The largest absolute Gasteiger partial charge is 0.319 e. The van der Waals surface area contributed by atoms with Crippen LogP contribution < -0.4 is 5.73 Å². The number of aromatic nitrogens is 4. The number of hydrogen-bond donors (Lipinski definition) is 1. The van der Waals surface area contributed by atoms with E-state index < -0.39 is 0 Å². The SMILES string of the molecule is Cn1nnc(Br)c1C(N)c1ccncc1. The molecule has 6 heteroatoms. The average Bonchev–Trinajstić information content (AvgIpc) is 2.59. The molecule has 0 amide bonds. The molecule has 0 aliphatic heterocycles. The molecule has 0 fully saturated rings. The van der Waals surface area contributed by atoms with Crippen molar-refractivity contribution in [1.29, 1.82) is 0 Å². The highest BCUT2D eigenvalue weighted by Gasteiger charge is 2.17. The molecule has 2 aromatic rings. The Morgan fingerprint density at radius 2 is 2.07 bits per heavy atom. The fourth-order valence-corrected chi connectivity index (χ4v) is 1.97. The second kappa shape index (κ2) is 4.08. The van der Waals surface area contributed by atoms with Gasteiger partial charge in [0, 0.05) is 19.4 Å². The van der Waals surface area contributed by atoms with Crippen molar-refractivity contribution in [3.05, 3.63) is 40.4 Å². The highest BCUT2D eigenvalue weighted by Crippen LogP contribution is 2.23. The van der Waals surface area contributed by atoms with Crippen LogP contribution in [-0.4, -0.2) is 20.0 Å². The van der Waals surface area contributed by atoms with Crippen LogP contribution in [0.3, 0.4) is 0 Å². The van der Waals surface area contributed by atoms with E-state index in [0.717, 1.165) is 11.3 Å².